The zero-order valence-electron chi connectivity index (χ0n) is 11.7. The molecule has 1 heterocycles. The van der Waals surface area contributed by atoms with E-state index in [9.17, 15) is 9.18 Å². The van der Waals surface area contributed by atoms with Crippen LogP contribution in [0, 0.1) is 0 Å². The van der Waals surface area contributed by atoms with Gasteiger partial charge in [0, 0.05) is 25.9 Å². The highest BCUT2D eigenvalue weighted by Gasteiger charge is 2.37. The molecule has 0 aromatic heterocycles. The van der Waals surface area contributed by atoms with Crippen molar-refractivity contribution >= 4 is 23.4 Å². The summed E-state index contributed by atoms with van der Waals surface area (Å²) in [5, 5.41) is 2.73. The second-order valence-electron chi connectivity index (χ2n) is 5.84. The SMILES string of the molecule is CC(C)(C)OC(=O)N1CCC(F)(CNC(N)=S)CC1. The number of nitrogens with one attached hydrogen (secondary N) is 1. The molecule has 0 aromatic rings. The van der Waals surface area contributed by atoms with Crippen LogP contribution in [0.2, 0.25) is 0 Å². The lowest BCUT2D eigenvalue weighted by molar-refractivity contribution is 0.00426. The Morgan fingerprint density at radius 1 is 1.47 bits per heavy atom. The third-order valence-electron chi connectivity index (χ3n) is 2.89. The van der Waals surface area contributed by atoms with Gasteiger partial charge in [0.25, 0.3) is 0 Å². The Balaban J connectivity index is 2.44. The predicted octanol–water partition coefficient (Wildman–Crippen LogP) is 1.56. The third-order valence-corrected chi connectivity index (χ3v) is 3.03. The molecule has 0 atom stereocenters. The molecule has 1 rings (SSSR count). The molecule has 7 heteroatoms. The number of alkyl halides is 1. The summed E-state index contributed by atoms with van der Waals surface area (Å²) in [7, 11) is 0. The van der Waals surface area contributed by atoms with Gasteiger partial charge >= 0.3 is 6.09 Å². The van der Waals surface area contributed by atoms with Crippen LogP contribution in [-0.2, 0) is 4.74 Å². The number of carbonyl (C=O) groups is 1. The summed E-state index contributed by atoms with van der Waals surface area (Å²) >= 11 is 4.65. The molecule has 0 aromatic carbocycles. The number of ether oxygens (including phenoxy) is 1. The van der Waals surface area contributed by atoms with E-state index in [1.165, 1.54) is 4.90 Å². The zero-order chi connectivity index (χ0) is 14.7. The van der Waals surface area contributed by atoms with Crippen molar-refractivity contribution in [1.82, 2.24) is 10.2 Å². The fourth-order valence-corrected chi connectivity index (χ4v) is 1.91. The minimum Gasteiger partial charge on any atom is -0.444 e. The lowest BCUT2D eigenvalue weighted by Crippen LogP contribution is -2.51. The summed E-state index contributed by atoms with van der Waals surface area (Å²) in [6, 6.07) is 0. The second kappa shape index (κ2) is 5.90. The molecule has 1 fully saturated rings. The summed E-state index contributed by atoms with van der Waals surface area (Å²) < 4.78 is 19.6. The first-order valence-corrected chi connectivity index (χ1v) is 6.72. The molecule has 1 aliphatic rings. The standard InChI is InChI=1S/C12H22FN3O2S/c1-11(2,3)18-10(17)16-6-4-12(13,5-7-16)8-15-9(14)19/h4-8H2,1-3H3,(H3,14,15,19). The second-order valence-corrected chi connectivity index (χ2v) is 6.28. The summed E-state index contributed by atoms with van der Waals surface area (Å²) in [5.74, 6) is 0. The Hall–Kier alpha value is -1.11. The molecule has 19 heavy (non-hydrogen) atoms. The average molecular weight is 291 g/mol. The Kier molecular flexibility index (Phi) is 4.95. The topological polar surface area (TPSA) is 67.6 Å². The molecule has 0 aliphatic carbocycles. The highest BCUT2D eigenvalue weighted by atomic mass is 32.1. The maximum absolute atomic E-state index is 14.4. The molecular weight excluding hydrogens is 269 g/mol. The normalized spacial score (nSPS) is 18.8. The van der Waals surface area contributed by atoms with E-state index >= 15 is 0 Å². The largest absolute Gasteiger partial charge is 0.444 e. The fraction of sp³-hybridized carbons (Fsp3) is 0.833. The van der Waals surface area contributed by atoms with Gasteiger partial charge in [0.1, 0.15) is 11.3 Å². The van der Waals surface area contributed by atoms with E-state index in [1.54, 1.807) is 20.8 Å². The van der Waals surface area contributed by atoms with Crippen LogP contribution in [0.25, 0.3) is 0 Å². The predicted molar refractivity (Wildman–Crippen MR) is 75.7 cm³/mol. The van der Waals surface area contributed by atoms with Gasteiger partial charge in [-0.15, -0.1) is 0 Å². The fourth-order valence-electron chi connectivity index (χ4n) is 1.84. The number of piperidine rings is 1. The Labute approximate surface area is 118 Å². The van der Waals surface area contributed by atoms with Crippen LogP contribution in [-0.4, -0.2) is 47.0 Å². The lowest BCUT2D eigenvalue weighted by atomic mass is 9.93. The number of rotatable bonds is 2. The third kappa shape index (κ3) is 5.59. The van der Waals surface area contributed by atoms with Gasteiger partial charge in [-0.3, -0.25) is 0 Å². The van der Waals surface area contributed by atoms with Gasteiger partial charge in [-0.1, -0.05) is 0 Å². The molecule has 0 spiro atoms. The number of likely N-dealkylation sites (tertiary alicyclic amines) is 1. The molecule has 0 radical (unpaired) electrons. The molecular formula is C12H22FN3O2S. The smallest absolute Gasteiger partial charge is 0.410 e. The van der Waals surface area contributed by atoms with Gasteiger partial charge in [-0.05, 0) is 33.0 Å². The number of nitrogens with zero attached hydrogens (tertiary/aromatic N) is 1. The van der Waals surface area contributed by atoms with Gasteiger partial charge in [0.05, 0.1) is 6.54 Å². The monoisotopic (exact) mass is 291 g/mol. The summed E-state index contributed by atoms with van der Waals surface area (Å²) in [5.41, 5.74) is 3.38. The number of halogens is 1. The van der Waals surface area contributed by atoms with E-state index < -0.39 is 17.4 Å². The number of nitrogens with two attached hydrogens (primary N) is 1. The average Bonchev–Trinajstić information content (AvgIpc) is 2.25. The molecule has 0 saturated carbocycles. The van der Waals surface area contributed by atoms with Crippen molar-refractivity contribution in [3.63, 3.8) is 0 Å². The maximum atomic E-state index is 14.4. The van der Waals surface area contributed by atoms with E-state index in [-0.39, 0.29) is 24.5 Å². The van der Waals surface area contributed by atoms with Crippen LogP contribution in [0.5, 0.6) is 0 Å². The van der Waals surface area contributed by atoms with E-state index in [2.05, 4.69) is 17.5 Å². The van der Waals surface area contributed by atoms with Gasteiger partial charge in [0.2, 0.25) is 0 Å². The summed E-state index contributed by atoms with van der Waals surface area (Å²) in [6.07, 6.45) is 0.112. The van der Waals surface area contributed by atoms with Gasteiger partial charge in [0.15, 0.2) is 5.11 Å². The van der Waals surface area contributed by atoms with Crippen molar-refractivity contribution in [2.24, 2.45) is 5.73 Å². The summed E-state index contributed by atoms with van der Waals surface area (Å²) in [4.78, 5) is 13.3. The van der Waals surface area contributed by atoms with E-state index in [1.807, 2.05) is 0 Å². The van der Waals surface area contributed by atoms with Gasteiger partial charge in [-0.25, -0.2) is 9.18 Å². The van der Waals surface area contributed by atoms with Crippen LogP contribution in [0.1, 0.15) is 33.6 Å². The molecule has 1 saturated heterocycles. The minimum absolute atomic E-state index is 0.0878. The molecule has 110 valence electrons. The van der Waals surface area contributed by atoms with Crippen molar-refractivity contribution in [2.75, 3.05) is 19.6 Å². The van der Waals surface area contributed by atoms with Gasteiger partial charge in [-0.2, -0.15) is 0 Å². The van der Waals surface area contributed by atoms with Crippen molar-refractivity contribution in [2.45, 2.75) is 44.9 Å². The number of amides is 1. The van der Waals surface area contributed by atoms with E-state index in [4.69, 9.17) is 10.5 Å². The first-order valence-electron chi connectivity index (χ1n) is 6.31. The van der Waals surface area contributed by atoms with Crippen molar-refractivity contribution in [3.05, 3.63) is 0 Å². The molecule has 0 bridgehead atoms. The lowest BCUT2D eigenvalue weighted by Gasteiger charge is -2.37. The van der Waals surface area contributed by atoms with Crippen LogP contribution in [0.3, 0.4) is 0 Å². The van der Waals surface area contributed by atoms with Crippen LogP contribution in [0.4, 0.5) is 9.18 Å². The Morgan fingerprint density at radius 2 is 2.00 bits per heavy atom. The van der Waals surface area contributed by atoms with Crippen LogP contribution >= 0.6 is 12.2 Å². The molecule has 3 N–H and O–H groups in total. The van der Waals surface area contributed by atoms with Crippen molar-refractivity contribution in [3.8, 4) is 0 Å². The highest BCUT2D eigenvalue weighted by Crippen LogP contribution is 2.26. The minimum atomic E-state index is -1.37. The first-order chi connectivity index (χ1) is 8.61. The maximum Gasteiger partial charge on any atom is 0.410 e. The number of hydrogen-bond acceptors (Lipinski definition) is 3. The van der Waals surface area contributed by atoms with E-state index in [0.717, 1.165) is 0 Å². The molecule has 1 amide bonds. The van der Waals surface area contributed by atoms with Crippen LogP contribution < -0.4 is 11.1 Å². The van der Waals surface area contributed by atoms with Gasteiger partial charge < -0.3 is 20.7 Å². The van der Waals surface area contributed by atoms with Crippen molar-refractivity contribution in [1.29, 1.82) is 0 Å². The Bertz CT molecular complexity index is 349. The molecule has 5 nitrogen and oxygen atoms in total. The molecule has 0 unspecified atom stereocenters. The van der Waals surface area contributed by atoms with Crippen molar-refractivity contribution < 1.29 is 13.9 Å². The zero-order valence-corrected chi connectivity index (χ0v) is 12.5. The first kappa shape index (κ1) is 15.9. The molecule has 1 aliphatic heterocycles. The highest BCUT2D eigenvalue weighted by molar-refractivity contribution is 7.80. The number of carbonyl (C=O) groups excluding carboxylic acids is 1. The Morgan fingerprint density at radius 3 is 2.42 bits per heavy atom. The van der Waals surface area contributed by atoms with E-state index in [0.29, 0.717) is 13.1 Å². The number of thiocarbonyl (C=S) groups is 1. The quantitative estimate of drug-likeness (QED) is 0.756. The number of hydrogen-bond donors (Lipinski definition) is 2. The summed E-state index contributed by atoms with van der Waals surface area (Å²) in [6.45, 7) is 6.18. The van der Waals surface area contributed by atoms with Crippen LogP contribution in [0.15, 0.2) is 0 Å².